The number of carbonyl (C=O) groups is 3. The third kappa shape index (κ3) is 5.53. The Balaban J connectivity index is 1.51. The first-order chi connectivity index (χ1) is 18.6. The van der Waals surface area contributed by atoms with Crippen LogP contribution in [0.15, 0.2) is 55.0 Å². The average molecular weight is 533 g/mol. The highest BCUT2D eigenvalue weighted by Crippen LogP contribution is 2.35. The highest BCUT2D eigenvalue weighted by Gasteiger charge is 2.39. The van der Waals surface area contributed by atoms with Gasteiger partial charge in [0, 0.05) is 61.8 Å². The summed E-state index contributed by atoms with van der Waals surface area (Å²) >= 11 is 0. The quantitative estimate of drug-likeness (QED) is 0.449. The molecule has 9 heteroatoms. The van der Waals surface area contributed by atoms with Gasteiger partial charge in [-0.1, -0.05) is 18.2 Å². The summed E-state index contributed by atoms with van der Waals surface area (Å²) < 4.78 is 15.4. The lowest BCUT2D eigenvalue weighted by Crippen LogP contribution is -2.42. The number of hydrogen-bond donors (Lipinski definition) is 1. The molecule has 8 nitrogen and oxygen atoms in total. The monoisotopic (exact) mass is 532 g/mol. The van der Waals surface area contributed by atoms with Crippen LogP contribution < -0.4 is 0 Å². The van der Waals surface area contributed by atoms with E-state index in [2.05, 4.69) is 9.97 Å². The average Bonchev–Trinajstić information content (AvgIpc) is 3.43. The Morgan fingerprint density at radius 3 is 2.41 bits per heavy atom. The van der Waals surface area contributed by atoms with E-state index in [0.717, 1.165) is 0 Å². The Bertz CT molecular complexity index is 1390. The minimum Gasteiger partial charge on any atom is -0.478 e. The van der Waals surface area contributed by atoms with Crippen molar-refractivity contribution in [3.8, 4) is 11.1 Å². The number of aromatic carboxylic acids is 1. The van der Waals surface area contributed by atoms with Crippen molar-refractivity contribution in [3.63, 3.8) is 0 Å². The topological polar surface area (TPSA) is 104 Å². The highest BCUT2D eigenvalue weighted by molar-refractivity contribution is 5.93. The maximum absolute atomic E-state index is 15.4. The summed E-state index contributed by atoms with van der Waals surface area (Å²) in [5.74, 6) is -2.06. The molecule has 0 saturated carbocycles. The van der Waals surface area contributed by atoms with E-state index in [1.807, 2.05) is 13.8 Å². The van der Waals surface area contributed by atoms with Gasteiger partial charge >= 0.3 is 5.97 Å². The lowest BCUT2D eigenvalue weighted by atomic mass is 9.82. The van der Waals surface area contributed by atoms with Crippen LogP contribution >= 0.6 is 0 Å². The SMILES string of the molecule is CCN(CC)C(=O)c1ccc(-c2ccc(C(C)(C)C(=O)N3CCC(c4ccncc4C(=O)O)C3)c(F)c2)cn1. The molecule has 1 aromatic carbocycles. The van der Waals surface area contributed by atoms with Crippen LogP contribution in [0.2, 0.25) is 0 Å². The molecule has 0 radical (unpaired) electrons. The van der Waals surface area contributed by atoms with Crippen molar-refractivity contribution in [1.29, 1.82) is 0 Å². The van der Waals surface area contributed by atoms with Crippen LogP contribution in [-0.2, 0) is 10.2 Å². The summed E-state index contributed by atoms with van der Waals surface area (Å²) in [6, 6.07) is 9.82. The van der Waals surface area contributed by atoms with Gasteiger partial charge in [-0.2, -0.15) is 0 Å². The van der Waals surface area contributed by atoms with Gasteiger partial charge in [0.2, 0.25) is 5.91 Å². The Morgan fingerprint density at radius 1 is 1.08 bits per heavy atom. The normalized spacial score (nSPS) is 15.3. The molecule has 1 unspecified atom stereocenters. The summed E-state index contributed by atoms with van der Waals surface area (Å²) in [6.45, 7) is 9.20. The summed E-state index contributed by atoms with van der Waals surface area (Å²) in [7, 11) is 0. The molecule has 0 spiro atoms. The summed E-state index contributed by atoms with van der Waals surface area (Å²) in [5.41, 5.74) is 1.51. The fraction of sp³-hybridized carbons (Fsp3) is 0.367. The van der Waals surface area contributed by atoms with Gasteiger partial charge in [0.15, 0.2) is 0 Å². The van der Waals surface area contributed by atoms with E-state index in [4.69, 9.17) is 0 Å². The number of benzene rings is 1. The first kappa shape index (κ1) is 27.9. The Hall–Kier alpha value is -4.14. The standard InChI is InChI=1S/C30H33FN4O4/c1-5-34(6-2)27(36)26-10-8-20(16-33-26)19-7-9-24(25(31)15-19)30(3,4)29(39)35-14-12-21(18-35)22-11-13-32-17-23(22)28(37)38/h7-11,13,15-17,21H,5-6,12,14,18H2,1-4H3,(H,37,38). The molecular formula is C30H33FN4O4. The molecule has 1 aliphatic rings. The number of nitrogens with zero attached hydrogens (tertiary/aromatic N) is 4. The number of carboxylic acids is 1. The second kappa shape index (κ2) is 11.3. The number of amides is 2. The van der Waals surface area contributed by atoms with E-state index in [-0.39, 0.29) is 28.9 Å². The molecule has 39 heavy (non-hydrogen) atoms. The zero-order valence-corrected chi connectivity index (χ0v) is 22.6. The smallest absolute Gasteiger partial charge is 0.337 e. The maximum Gasteiger partial charge on any atom is 0.337 e. The molecule has 1 atom stereocenters. The summed E-state index contributed by atoms with van der Waals surface area (Å²) in [5, 5.41) is 9.51. The predicted octanol–water partition coefficient (Wildman–Crippen LogP) is 4.76. The van der Waals surface area contributed by atoms with Crippen molar-refractivity contribution in [3.05, 3.63) is 83.2 Å². The summed E-state index contributed by atoms with van der Waals surface area (Å²) in [4.78, 5) is 49.3. The number of hydrogen-bond acceptors (Lipinski definition) is 5. The van der Waals surface area contributed by atoms with Gasteiger partial charge in [-0.25, -0.2) is 9.18 Å². The van der Waals surface area contributed by atoms with E-state index in [1.165, 1.54) is 12.3 Å². The molecule has 3 heterocycles. The molecule has 2 aromatic heterocycles. The second-order valence-corrected chi connectivity index (χ2v) is 10.2. The number of carbonyl (C=O) groups excluding carboxylic acids is 2. The van der Waals surface area contributed by atoms with Gasteiger partial charge in [0.25, 0.3) is 5.91 Å². The first-order valence-corrected chi connectivity index (χ1v) is 13.1. The van der Waals surface area contributed by atoms with Gasteiger partial charge in [-0.15, -0.1) is 0 Å². The van der Waals surface area contributed by atoms with Crippen LogP contribution in [0.5, 0.6) is 0 Å². The minimum absolute atomic E-state index is 0.129. The minimum atomic E-state index is -1.14. The molecule has 3 aromatic rings. The summed E-state index contributed by atoms with van der Waals surface area (Å²) in [6.07, 6.45) is 5.05. The van der Waals surface area contributed by atoms with Gasteiger partial charge < -0.3 is 14.9 Å². The third-order valence-electron chi connectivity index (χ3n) is 7.54. The largest absolute Gasteiger partial charge is 0.478 e. The van der Waals surface area contributed by atoms with Gasteiger partial charge in [0.05, 0.1) is 11.0 Å². The fourth-order valence-corrected chi connectivity index (χ4v) is 5.21. The van der Waals surface area contributed by atoms with Crippen molar-refractivity contribution in [1.82, 2.24) is 19.8 Å². The van der Waals surface area contributed by atoms with E-state index in [9.17, 15) is 19.5 Å². The van der Waals surface area contributed by atoms with Gasteiger partial charge in [0.1, 0.15) is 11.5 Å². The molecule has 4 rings (SSSR count). The molecule has 1 N–H and O–H groups in total. The molecule has 0 bridgehead atoms. The zero-order chi connectivity index (χ0) is 28.3. The van der Waals surface area contributed by atoms with Crippen LogP contribution in [0.25, 0.3) is 11.1 Å². The van der Waals surface area contributed by atoms with E-state index in [0.29, 0.717) is 55.0 Å². The van der Waals surface area contributed by atoms with Crippen LogP contribution in [-0.4, -0.2) is 68.8 Å². The highest BCUT2D eigenvalue weighted by atomic mass is 19.1. The van der Waals surface area contributed by atoms with Crippen LogP contribution in [0.3, 0.4) is 0 Å². The molecular weight excluding hydrogens is 499 g/mol. The van der Waals surface area contributed by atoms with Gasteiger partial charge in [-0.05, 0) is 63.4 Å². The van der Waals surface area contributed by atoms with E-state index < -0.39 is 17.2 Å². The van der Waals surface area contributed by atoms with Crippen LogP contribution in [0.1, 0.15) is 72.0 Å². The molecule has 1 fully saturated rings. The number of pyridine rings is 2. The third-order valence-corrected chi connectivity index (χ3v) is 7.54. The number of carboxylic acid groups (broad SMARTS) is 1. The molecule has 1 aliphatic heterocycles. The second-order valence-electron chi connectivity index (χ2n) is 10.2. The predicted molar refractivity (Wildman–Crippen MR) is 145 cm³/mol. The maximum atomic E-state index is 15.4. The fourth-order valence-electron chi connectivity index (χ4n) is 5.21. The zero-order valence-electron chi connectivity index (χ0n) is 22.6. The van der Waals surface area contributed by atoms with E-state index >= 15 is 4.39 Å². The number of likely N-dealkylation sites (tertiary alicyclic amines) is 1. The van der Waals surface area contributed by atoms with Crippen LogP contribution in [0.4, 0.5) is 4.39 Å². The first-order valence-electron chi connectivity index (χ1n) is 13.1. The number of aromatic nitrogens is 2. The van der Waals surface area contributed by atoms with Crippen molar-refractivity contribution in [2.45, 2.75) is 45.4 Å². The van der Waals surface area contributed by atoms with Crippen molar-refractivity contribution >= 4 is 17.8 Å². The number of rotatable bonds is 8. The van der Waals surface area contributed by atoms with Crippen LogP contribution in [0, 0.1) is 5.82 Å². The number of halogens is 1. The van der Waals surface area contributed by atoms with Crippen molar-refractivity contribution in [2.75, 3.05) is 26.2 Å². The molecule has 0 aliphatic carbocycles. The van der Waals surface area contributed by atoms with Crippen molar-refractivity contribution in [2.24, 2.45) is 0 Å². The Morgan fingerprint density at radius 2 is 1.79 bits per heavy atom. The molecule has 2 amide bonds. The lowest BCUT2D eigenvalue weighted by molar-refractivity contribution is -0.135. The molecule has 204 valence electrons. The van der Waals surface area contributed by atoms with Gasteiger partial charge in [-0.3, -0.25) is 19.6 Å². The Kier molecular flexibility index (Phi) is 8.09. The molecule has 1 saturated heterocycles. The van der Waals surface area contributed by atoms with Crippen molar-refractivity contribution < 1.29 is 23.9 Å². The van der Waals surface area contributed by atoms with E-state index in [1.54, 1.807) is 66.4 Å². The Labute approximate surface area is 227 Å². The lowest BCUT2D eigenvalue weighted by Gasteiger charge is -2.30.